The van der Waals surface area contributed by atoms with Crippen LogP contribution in [0.1, 0.15) is 20.7 Å². The minimum absolute atomic E-state index is 0.156. The van der Waals surface area contributed by atoms with E-state index in [1.165, 1.54) is 12.1 Å². The Kier molecular flexibility index (Phi) is 5.01. The van der Waals surface area contributed by atoms with Gasteiger partial charge in [0.05, 0.1) is 23.0 Å². The molecule has 150 valence electrons. The highest BCUT2D eigenvalue weighted by atomic mass is 19.4. The Labute approximate surface area is 156 Å². The van der Waals surface area contributed by atoms with Crippen LogP contribution >= 0.6 is 0 Å². The van der Waals surface area contributed by atoms with Gasteiger partial charge in [-0.25, -0.2) is 4.79 Å². The molecule has 8 nitrogen and oxygen atoms in total. The summed E-state index contributed by atoms with van der Waals surface area (Å²) < 4.78 is 38.9. The average molecular weight is 399 g/mol. The number of carbonyl (C=O) groups is 4. The summed E-state index contributed by atoms with van der Waals surface area (Å²) in [6, 6.07) is 5.34. The van der Waals surface area contributed by atoms with E-state index in [-0.39, 0.29) is 24.2 Å². The minimum Gasteiger partial charge on any atom is -0.481 e. The fourth-order valence-corrected chi connectivity index (χ4v) is 3.38. The van der Waals surface area contributed by atoms with Crippen LogP contribution in [0.15, 0.2) is 24.3 Å². The molecule has 1 fully saturated rings. The Balaban J connectivity index is 1.56. The third-order valence-corrected chi connectivity index (χ3v) is 4.83. The van der Waals surface area contributed by atoms with Crippen LogP contribution in [0.4, 0.5) is 18.0 Å². The van der Waals surface area contributed by atoms with Gasteiger partial charge >= 0.3 is 18.2 Å². The number of fused-ring (bicyclic) bond motifs is 1. The largest absolute Gasteiger partial charge is 0.481 e. The van der Waals surface area contributed by atoms with Gasteiger partial charge in [-0.2, -0.15) is 13.2 Å². The van der Waals surface area contributed by atoms with Gasteiger partial charge in [0.1, 0.15) is 0 Å². The maximum Gasteiger partial charge on any atom is 0.394 e. The lowest BCUT2D eigenvalue weighted by molar-refractivity contribution is -0.187. The van der Waals surface area contributed by atoms with Crippen molar-refractivity contribution in [3.05, 3.63) is 35.4 Å². The zero-order valence-electron chi connectivity index (χ0n) is 14.4. The molecule has 1 aromatic carbocycles. The number of rotatable bonds is 4. The molecule has 2 aliphatic heterocycles. The molecule has 11 heteroatoms. The van der Waals surface area contributed by atoms with Crippen molar-refractivity contribution in [3.8, 4) is 0 Å². The molecule has 4 amide bonds. The molecule has 0 saturated carbocycles. The molecule has 28 heavy (non-hydrogen) atoms. The summed E-state index contributed by atoms with van der Waals surface area (Å²) in [7, 11) is 0. The van der Waals surface area contributed by atoms with E-state index in [0.717, 1.165) is 9.80 Å². The number of likely N-dealkylation sites (tertiary alicyclic amines) is 1. The predicted octanol–water partition coefficient (Wildman–Crippen LogP) is 1.19. The molecule has 1 aromatic rings. The Morgan fingerprint density at radius 2 is 1.68 bits per heavy atom. The van der Waals surface area contributed by atoms with Crippen LogP contribution in [0.3, 0.4) is 0 Å². The van der Waals surface area contributed by atoms with Gasteiger partial charge < -0.3 is 15.3 Å². The van der Waals surface area contributed by atoms with E-state index >= 15 is 0 Å². The van der Waals surface area contributed by atoms with Crippen molar-refractivity contribution in [3.63, 3.8) is 0 Å². The number of halogens is 3. The molecule has 2 N–H and O–H groups in total. The molecule has 0 unspecified atom stereocenters. The second-order valence-electron chi connectivity index (χ2n) is 6.54. The molecule has 0 spiro atoms. The van der Waals surface area contributed by atoms with E-state index < -0.39 is 54.9 Å². The van der Waals surface area contributed by atoms with E-state index in [1.807, 2.05) is 0 Å². The minimum atomic E-state index is -4.74. The number of aliphatic carboxylic acids is 1. The van der Waals surface area contributed by atoms with Gasteiger partial charge in [-0.1, -0.05) is 12.1 Å². The van der Waals surface area contributed by atoms with Gasteiger partial charge in [-0.3, -0.25) is 19.3 Å². The lowest BCUT2D eigenvalue weighted by Crippen LogP contribution is -2.43. The summed E-state index contributed by atoms with van der Waals surface area (Å²) in [6.07, 6.45) is -4.74. The summed E-state index contributed by atoms with van der Waals surface area (Å²) >= 11 is 0. The van der Waals surface area contributed by atoms with Crippen molar-refractivity contribution in [1.82, 2.24) is 15.1 Å². The highest BCUT2D eigenvalue weighted by Crippen LogP contribution is 2.37. The second kappa shape index (κ2) is 7.13. The lowest BCUT2D eigenvalue weighted by Gasteiger charge is -2.19. The average Bonchev–Trinajstić information content (AvgIpc) is 3.18. The Morgan fingerprint density at radius 3 is 2.14 bits per heavy atom. The highest BCUT2D eigenvalue weighted by molar-refractivity contribution is 6.21. The van der Waals surface area contributed by atoms with Gasteiger partial charge in [0.2, 0.25) is 0 Å². The summed E-state index contributed by atoms with van der Waals surface area (Å²) in [5.41, 5.74) is 0.492. The van der Waals surface area contributed by atoms with Crippen LogP contribution in [0, 0.1) is 11.8 Å². The van der Waals surface area contributed by atoms with Crippen LogP contribution in [0.2, 0.25) is 0 Å². The Morgan fingerprint density at radius 1 is 1.11 bits per heavy atom. The number of hydrogen-bond donors (Lipinski definition) is 2. The lowest BCUT2D eigenvalue weighted by atomic mass is 9.96. The van der Waals surface area contributed by atoms with E-state index in [4.69, 9.17) is 5.11 Å². The van der Waals surface area contributed by atoms with Crippen molar-refractivity contribution < 1.29 is 37.5 Å². The first-order valence-corrected chi connectivity index (χ1v) is 8.38. The summed E-state index contributed by atoms with van der Waals surface area (Å²) in [6.45, 7) is -1.66. The maximum absolute atomic E-state index is 13.0. The fraction of sp³-hybridized carbons (Fsp3) is 0.412. The highest BCUT2D eigenvalue weighted by Gasteiger charge is 2.53. The first-order valence-electron chi connectivity index (χ1n) is 8.38. The third kappa shape index (κ3) is 3.51. The van der Waals surface area contributed by atoms with E-state index in [0.29, 0.717) is 0 Å². The van der Waals surface area contributed by atoms with Gasteiger partial charge in [0.15, 0.2) is 0 Å². The number of carbonyl (C=O) groups excluding carboxylic acids is 3. The number of imide groups is 1. The standard InChI is InChI=1S/C17H16F3N3O5/c18-17(19,20)12-8-22(7-11(12)15(26)27)16(28)21-5-6-23-13(24)9-3-1-2-4-10(9)14(23)25/h1-4,11-12H,5-8H2,(H,21,28)(H,26,27)/t11-,12-/m1/s1. The number of urea groups is 1. The number of hydrogen-bond acceptors (Lipinski definition) is 4. The van der Waals surface area contributed by atoms with Crippen LogP contribution in [0.5, 0.6) is 0 Å². The Bertz CT molecular complexity index is 807. The molecular weight excluding hydrogens is 383 g/mol. The molecule has 0 bridgehead atoms. The molecule has 0 aliphatic carbocycles. The van der Waals surface area contributed by atoms with Gasteiger partial charge in [-0.15, -0.1) is 0 Å². The van der Waals surface area contributed by atoms with Crippen LogP contribution < -0.4 is 5.32 Å². The molecular formula is C17H16F3N3O5. The molecule has 2 aliphatic rings. The van der Waals surface area contributed by atoms with Crippen LogP contribution in [0.25, 0.3) is 0 Å². The molecule has 2 atom stereocenters. The quantitative estimate of drug-likeness (QED) is 0.740. The summed E-state index contributed by atoms with van der Waals surface area (Å²) in [5, 5.41) is 11.3. The normalized spacial score (nSPS) is 21.8. The van der Waals surface area contributed by atoms with E-state index in [1.54, 1.807) is 12.1 Å². The van der Waals surface area contributed by atoms with Crippen LogP contribution in [-0.2, 0) is 4.79 Å². The van der Waals surface area contributed by atoms with Crippen molar-refractivity contribution in [2.75, 3.05) is 26.2 Å². The van der Waals surface area contributed by atoms with Gasteiger partial charge in [0, 0.05) is 26.2 Å². The molecule has 0 aromatic heterocycles. The van der Waals surface area contributed by atoms with Gasteiger partial charge in [0.25, 0.3) is 11.8 Å². The van der Waals surface area contributed by atoms with Crippen molar-refractivity contribution in [1.29, 1.82) is 0 Å². The number of carboxylic acid groups (broad SMARTS) is 1. The van der Waals surface area contributed by atoms with Gasteiger partial charge in [-0.05, 0) is 12.1 Å². The molecule has 1 saturated heterocycles. The first-order chi connectivity index (χ1) is 13.1. The van der Waals surface area contributed by atoms with Crippen LogP contribution in [-0.4, -0.2) is 71.1 Å². The van der Waals surface area contributed by atoms with Crippen molar-refractivity contribution >= 4 is 23.8 Å². The van der Waals surface area contributed by atoms with Crippen molar-refractivity contribution in [2.24, 2.45) is 11.8 Å². The second-order valence-corrected chi connectivity index (χ2v) is 6.54. The zero-order chi connectivity index (χ0) is 20.6. The Hall–Kier alpha value is -3.11. The van der Waals surface area contributed by atoms with E-state index in [2.05, 4.69) is 5.32 Å². The third-order valence-electron chi connectivity index (χ3n) is 4.83. The number of amides is 4. The predicted molar refractivity (Wildman–Crippen MR) is 87.5 cm³/mol. The fourth-order valence-electron chi connectivity index (χ4n) is 3.38. The maximum atomic E-state index is 13.0. The topological polar surface area (TPSA) is 107 Å². The smallest absolute Gasteiger partial charge is 0.394 e. The molecule has 3 rings (SSSR count). The SMILES string of the molecule is O=C(O)[C@@H]1CN(C(=O)NCCN2C(=O)c3ccccc3C2=O)C[C@H]1C(F)(F)F. The number of benzene rings is 1. The number of nitrogens with one attached hydrogen (secondary N) is 1. The summed E-state index contributed by atoms with van der Waals surface area (Å²) in [5.74, 6) is -6.53. The van der Waals surface area contributed by atoms with E-state index in [9.17, 15) is 32.3 Å². The molecule has 0 radical (unpaired) electrons. The summed E-state index contributed by atoms with van der Waals surface area (Å²) in [4.78, 5) is 49.3. The van der Waals surface area contributed by atoms with Crippen molar-refractivity contribution in [2.45, 2.75) is 6.18 Å². The zero-order valence-corrected chi connectivity index (χ0v) is 14.4. The molecule has 2 heterocycles. The number of nitrogens with zero attached hydrogens (tertiary/aromatic N) is 2. The number of alkyl halides is 3. The monoisotopic (exact) mass is 399 g/mol. The number of carboxylic acids is 1. The first kappa shape index (κ1) is 19.6.